The number of hydrogen-bond acceptors (Lipinski definition) is 4. The molecule has 0 heterocycles. The number of carbonyl (C=O) groups is 2. The molecule has 0 aliphatic rings. The van der Waals surface area contributed by atoms with Crippen LogP contribution in [-0.4, -0.2) is 18.9 Å². The van der Waals surface area contributed by atoms with Gasteiger partial charge in [-0.25, -0.2) is 4.79 Å². The number of hydrogen-bond donors (Lipinski definition) is 0. The molecule has 0 fully saturated rings. The quantitative estimate of drug-likeness (QED) is 0.626. The molecule has 0 aromatic heterocycles. The van der Waals surface area contributed by atoms with Crippen molar-refractivity contribution in [2.24, 2.45) is 0 Å². The molecule has 0 saturated carbocycles. The number of alkyl halides is 3. The summed E-state index contributed by atoms with van der Waals surface area (Å²) >= 11 is 0. The number of halogens is 3. The normalized spacial score (nSPS) is 10.7. The molecule has 100 valence electrons. The summed E-state index contributed by atoms with van der Waals surface area (Å²) in [6.07, 6.45) is -5.01. The van der Waals surface area contributed by atoms with E-state index in [1.807, 2.05) is 0 Å². The molecule has 1 aromatic rings. The van der Waals surface area contributed by atoms with Crippen LogP contribution in [0.15, 0.2) is 12.1 Å². The van der Waals surface area contributed by atoms with Crippen molar-refractivity contribution >= 4 is 12.3 Å². The molecule has 0 bridgehead atoms. The van der Waals surface area contributed by atoms with E-state index in [4.69, 9.17) is 5.26 Å². The predicted octanol–water partition coefficient (Wildman–Crippen LogP) is 2.57. The Hall–Kier alpha value is -2.36. The van der Waals surface area contributed by atoms with Gasteiger partial charge in [0.25, 0.3) is 0 Å². The number of esters is 1. The largest absolute Gasteiger partial charge is 0.462 e. The van der Waals surface area contributed by atoms with Crippen LogP contribution in [0.25, 0.3) is 0 Å². The van der Waals surface area contributed by atoms with Crippen LogP contribution in [0.4, 0.5) is 13.2 Å². The first-order valence-corrected chi connectivity index (χ1v) is 5.13. The van der Waals surface area contributed by atoms with Crippen LogP contribution in [0.5, 0.6) is 0 Å². The van der Waals surface area contributed by atoms with Gasteiger partial charge in [0.1, 0.15) is 0 Å². The van der Waals surface area contributed by atoms with E-state index in [0.29, 0.717) is 0 Å². The minimum absolute atomic E-state index is 0.0432. The summed E-state index contributed by atoms with van der Waals surface area (Å²) in [5.41, 5.74) is -3.54. The summed E-state index contributed by atoms with van der Waals surface area (Å²) in [6, 6.07) is 3.15. The molecule has 0 saturated heterocycles. The van der Waals surface area contributed by atoms with Crippen LogP contribution in [0, 0.1) is 11.3 Å². The zero-order valence-corrected chi connectivity index (χ0v) is 9.75. The number of ether oxygens (including phenoxy) is 1. The standard InChI is InChI=1S/C12H8F3NO3/c1-2-19-11(18)8-4-3-7(5-16)10(9(8)6-17)12(13,14)15/h3-4,6H,2H2,1H3. The lowest BCUT2D eigenvalue weighted by molar-refractivity contribution is -0.138. The fourth-order valence-electron chi connectivity index (χ4n) is 1.53. The zero-order valence-electron chi connectivity index (χ0n) is 9.75. The van der Waals surface area contributed by atoms with Crippen LogP contribution >= 0.6 is 0 Å². The molecule has 0 radical (unpaired) electrons. The van der Waals surface area contributed by atoms with Crippen LogP contribution in [0.2, 0.25) is 0 Å². The van der Waals surface area contributed by atoms with Crippen molar-refractivity contribution < 1.29 is 27.5 Å². The van der Waals surface area contributed by atoms with E-state index in [1.54, 1.807) is 0 Å². The molecule has 4 nitrogen and oxygen atoms in total. The van der Waals surface area contributed by atoms with Gasteiger partial charge >= 0.3 is 12.1 Å². The van der Waals surface area contributed by atoms with Crippen LogP contribution in [0.3, 0.4) is 0 Å². The van der Waals surface area contributed by atoms with Gasteiger partial charge in [-0.05, 0) is 19.1 Å². The van der Waals surface area contributed by atoms with Crippen LogP contribution < -0.4 is 0 Å². The number of carbonyl (C=O) groups excluding carboxylic acids is 2. The minimum Gasteiger partial charge on any atom is -0.462 e. The third-order valence-electron chi connectivity index (χ3n) is 2.26. The van der Waals surface area contributed by atoms with Crippen molar-refractivity contribution in [2.75, 3.05) is 6.61 Å². The summed E-state index contributed by atoms with van der Waals surface area (Å²) in [4.78, 5) is 22.3. The molecule has 19 heavy (non-hydrogen) atoms. The van der Waals surface area contributed by atoms with Crippen molar-refractivity contribution in [1.29, 1.82) is 5.26 Å². The SMILES string of the molecule is CCOC(=O)c1ccc(C#N)c(C(F)(F)F)c1C=O. The highest BCUT2D eigenvalue weighted by atomic mass is 19.4. The minimum atomic E-state index is -4.91. The lowest BCUT2D eigenvalue weighted by atomic mass is 9.96. The predicted molar refractivity (Wildman–Crippen MR) is 57.5 cm³/mol. The summed E-state index contributed by atoms with van der Waals surface area (Å²) < 4.78 is 43.1. The highest BCUT2D eigenvalue weighted by Gasteiger charge is 2.38. The molecule has 1 aromatic carbocycles. The van der Waals surface area contributed by atoms with Gasteiger partial charge in [0.2, 0.25) is 0 Å². The summed E-state index contributed by atoms with van der Waals surface area (Å²) in [6.45, 7) is 1.44. The van der Waals surface area contributed by atoms with Gasteiger partial charge in [-0.1, -0.05) is 0 Å². The third-order valence-corrected chi connectivity index (χ3v) is 2.26. The third kappa shape index (κ3) is 2.91. The Kier molecular flexibility index (Phi) is 4.27. The maximum atomic E-state index is 12.9. The molecule has 1 rings (SSSR count). The molecular formula is C12H8F3NO3. The molecule has 0 unspecified atom stereocenters. The average Bonchev–Trinajstić information content (AvgIpc) is 2.35. The molecule has 7 heteroatoms. The van der Waals surface area contributed by atoms with E-state index in [0.717, 1.165) is 12.1 Å². The van der Waals surface area contributed by atoms with Crippen molar-refractivity contribution in [3.8, 4) is 6.07 Å². The topological polar surface area (TPSA) is 67.2 Å². The van der Waals surface area contributed by atoms with Gasteiger partial charge in [0, 0.05) is 5.56 Å². The smallest absolute Gasteiger partial charge is 0.418 e. The zero-order chi connectivity index (χ0) is 14.6. The molecule has 0 spiro atoms. The van der Waals surface area contributed by atoms with Crippen molar-refractivity contribution in [1.82, 2.24) is 0 Å². The van der Waals surface area contributed by atoms with E-state index in [2.05, 4.69) is 4.74 Å². The first-order chi connectivity index (χ1) is 8.86. The maximum absolute atomic E-state index is 12.9. The highest BCUT2D eigenvalue weighted by molar-refractivity contribution is 5.99. The Balaban J connectivity index is 3.60. The molecule has 0 N–H and O–H groups in total. The maximum Gasteiger partial charge on any atom is 0.418 e. The highest BCUT2D eigenvalue weighted by Crippen LogP contribution is 2.35. The first-order valence-electron chi connectivity index (χ1n) is 5.13. The summed E-state index contributed by atoms with van der Waals surface area (Å²) in [5, 5.41) is 8.65. The Morgan fingerprint density at radius 3 is 2.53 bits per heavy atom. The van der Waals surface area contributed by atoms with Crippen LogP contribution in [-0.2, 0) is 10.9 Å². The van der Waals surface area contributed by atoms with Gasteiger partial charge in [-0.15, -0.1) is 0 Å². The van der Waals surface area contributed by atoms with Gasteiger partial charge in [-0.2, -0.15) is 18.4 Å². The van der Waals surface area contributed by atoms with E-state index >= 15 is 0 Å². The Bertz CT molecular complexity index is 559. The lowest BCUT2D eigenvalue weighted by Crippen LogP contribution is -2.17. The number of benzene rings is 1. The van der Waals surface area contributed by atoms with Crippen molar-refractivity contribution in [3.63, 3.8) is 0 Å². The fraction of sp³-hybridized carbons (Fsp3) is 0.250. The number of nitriles is 1. The summed E-state index contributed by atoms with van der Waals surface area (Å²) in [5.74, 6) is -1.04. The van der Waals surface area contributed by atoms with E-state index < -0.39 is 34.4 Å². The Morgan fingerprint density at radius 1 is 1.47 bits per heavy atom. The van der Waals surface area contributed by atoms with E-state index in [-0.39, 0.29) is 12.9 Å². The number of nitrogens with zero attached hydrogens (tertiary/aromatic N) is 1. The second kappa shape index (κ2) is 5.52. The van der Waals surface area contributed by atoms with Gasteiger partial charge in [0.15, 0.2) is 6.29 Å². The van der Waals surface area contributed by atoms with Crippen LogP contribution in [0.1, 0.15) is 38.8 Å². The number of rotatable bonds is 3. The second-order valence-corrected chi connectivity index (χ2v) is 3.40. The fourth-order valence-corrected chi connectivity index (χ4v) is 1.53. The van der Waals surface area contributed by atoms with E-state index in [9.17, 15) is 22.8 Å². The monoisotopic (exact) mass is 271 g/mol. The number of aldehydes is 1. The van der Waals surface area contributed by atoms with Crippen molar-refractivity contribution in [2.45, 2.75) is 13.1 Å². The Morgan fingerprint density at radius 2 is 2.11 bits per heavy atom. The lowest BCUT2D eigenvalue weighted by Gasteiger charge is -2.14. The molecule has 0 aliphatic heterocycles. The van der Waals surface area contributed by atoms with Crippen molar-refractivity contribution in [3.05, 3.63) is 34.4 Å². The average molecular weight is 271 g/mol. The Labute approximate surface area is 106 Å². The molecule has 0 amide bonds. The second-order valence-electron chi connectivity index (χ2n) is 3.40. The first kappa shape index (κ1) is 14.7. The summed E-state index contributed by atoms with van der Waals surface area (Å²) in [7, 11) is 0. The molecule has 0 aliphatic carbocycles. The molecule has 0 atom stereocenters. The van der Waals surface area contributed by atoms with Gasteiger partial charge in [0.05, 0.1) is 29.4 Å². The molecular weight excluding hydrogens is 263 g/mol. The van der Waals surface area contributed by atoms with Gasteiger partial charge in [-0.3, -0.25) is 4.79 Å². The van der Waals surface area contributed by atoms with Gasteiger partial charge < -0.3 is 4.74 Å². The van der Waals surface area contributed by atoms with E-state index in [1.165, 1.54) is 13.0 Å².